The second kappa shape index (κ2) is 6.52. The molecule has 1 saturated heterocycles. The van der Waals surface area contributed by atoms with E-state index in [4.69, 9.17) is 5.73 Å². The Morgan fingerprint density at radius 2 is 2.20 bits per heavy atom. The molecule has 0 aromatic heterocycles. The largest absolute Gasteiger partial charge is 0.323 e. The minimum absolute atomic E-state index is 0.101. The summed E-state index contributed by atoms with van der Waals surface area (Å²) in [6.07, 6.45) is 2.94. The van der Waals surface area contributed by atoms with Crippen molar-refractivity contribution in [3.63, 3.8) is 0 Å². The molecule has 5 nitrogen and oxygen atoms in total. The van der Waals surface area contributed by atoms with Crippen molar-refractivity contribution in [3.8, 4) is 0 Å². The van der Waals surface area contributed by atoms with E-state index in [9.17, 15) is 9.59 Å². The maximum Gasteiger partial charge on any atom is 0.241 e. The molecular weight excluding hydrogens is 254 g/mol. The molecule has 1 fully saturated rings. The molecule has 3 N–H and O–H groups in total. The van der Waals surface area contributed by atoms with Crippen LogP contribution in [0.15, 0.2) is 24.3 Å². The number of nitrogens with zero attached hydrogens (tertiary/aromatic N) is 1. The Morgan fingerprint density at radius 3 is 2.85 bits per heavy atom. The molecule has 0 saturated carbocycles. The number of nitrogens with one attached hydrogen (secondary N) is 1. The molecule has 1 aliphatic rings. The Labute approximate surface area is 119 Å². The van der Waals surface area contributed by atoms with E-state index in [0.29, 0.717) is 25.1 Å². The van der Waals surface area contributed by atoms with Gasteiger partial charge in [0.1, 0.15) is 0 Å². The van der Waals surface area contributed by atoms with Crippen molar-refractivity contribution in [3.05, 3.63) is 24.3 Å². The topological polar surface area (TPSA) is 75.4 Å². The van der Waals surface area contributed by atoms with Crippen LogP contribution in [0.4, 0.5) is 11.4 Å². The van der Waals surface area contributed by atoms with Crippen molar-refractivity contribution in [2.24, 2.45) is 5.73 Å². The lowest BCUT2D eigenvalue weighted by molar-refractivity contribution is -0.118. The second-order valence-electron chi connectivity index (χ2n) is 5.05. The highest BCUT2D eigenvalue weighted by Crippen LogP contribution is 2.29. The van der Waals surface area contributed by atoms with E-state index in [1.54, 1.807) is 11.0 Å². The molecule has 2 rings (SSSR count). The van der Waals surface area contributed by atoms with Crippen LogP contribution < -0.4 is 16.0 Å². The van der Waals surface area contributed by atoms with Gasteiger partial charge in [0.15, 0.2) is 0 Å². The van der Waals surface area contributed by atoms with Crippen molar-refractivity contribution >= 4 is 23.2 Å². The Kier molecular flexibility index (Phi) is 4.74. The lowest BCUT2D eigenvalue weighted by Gasteiger charge is -2.21. The fraction of sp³-hybridized carbons (Fsp3) is 0.467. The second-order valence-corrected chi connectivity index (χ2v) is 5.05. The van der Waals surface area contributed by atoms with Crippen LogP contribution in [0.5, 0.6) is 0 Å². The van der Waals surface area contributed by atoms with Gasteiger partial charge < -0.3 is 16.0 Å². The number of anilines is 2. The standard InChI is InChI=1S/C15H21N3O2/c1-2-6-11(16)15(20)17-12-7-3-4-8-13(12)18-10-5-9-14(18)19/h3-4,7-8,11H,2,5-6,9-10,16H2,1H3,(H,17,20)/t11-/m0/s1. The molecule has 0 unspecified atom stereocenters. The van der Waals surface area contributed by atoms with E-state index < -0.39 is 6.04 Å². The van der Waals surface area contributed by atoms with Crippen LogP contribution >= 0.6 is 0 Å². The SMILES string of the molecule is CCC[C@H](N)C(=O)Nc1ccccc1N1CCCC1=O. The third kappa shape index (κ3) is 3.17. The van der Waals surface area contributed by atoms with Gasteiger partial charge in [0.25, 0.3) is 0 Å². The number of rotatable bonds is 5. The molecular formula is C15H21N3O2. The summed E-state index contributed by atoms with van der Waals surface area (Å²) in [7, 11) is 0. The van der Waals surface area contributed by atoms with Crippen LogP contribution in [0.3, 0.4) is 0 Å². The van der Waals surface area contributed by atoms with Crippen LogP contribution in [-0.4, -0.2) is 24.4 Å². The summed E-state index contributed by atoms with van der Waals surface area (Å²) in [4.78, 5) is 25.6. The molecule has 1 aliphatic heterocycles. The lowest BCUT2D eigenvalue weighted by atomic mass is 10.1. The number of hydrogen-bond acceptors (Lipinski definition) is 3. The quantitative estimate of drug-likeness (QED) is 0.861. The fourth-order valence-corrected chi connectivity index (χ4v) is 2.39. The van der Waals surface area contributed by atoms with Gasteiger partial charge in [-0.3, -0.25) is 9.59 Å². The van der Waals surface area contributed by atoms with E-state index in [1.165, 1.54) is 0 Å². The summed E-state index contributed by atoms with van der Waals surface area (Å²) in [5.74, 6) is -0.101. The summed E-state index contributed by atoms with van der Waals surface area (Å²) in [6, 6.07) is 6.84. The summed E-state index contributed by atoms with van der Waals surface area (Å²) in [6.45, 7) is 2.69. The van der Waals surface area contributed by atoms with Gasteiger partial charge in [-0.05, 0) is 25.0 Å². The van der Waals surface area contributed by atoms with Gasteiger partial charge in [0.05, 0.1) is 17.4 Å². The molecule has 0 spiro atoms. The van der Waals surface area contributed by atoms with Gasteiger partial charge >= 0.3 is 0 Å². The molecule has 1 aromatic carbocycles. The summed E-state index contributed by atoms with van der Waals surface area (Å²) >= 11 is 0. The first kappa shape index (κ1) is 14.5. The summed E-state index contributed by atoms with van der Waals surface area (Å²) in [5.41, 5.74) is 7.22. The Hall–Kier alpha value is -1.88. The molecule has 20 heavy (non-hydrogen) atoms. The number of carbonyl (C=O) groups excluding carboxylic acids is 2. The third-order valence-corrected chi connectivity index (χ3v) is 3.46. The highest BCUT2D eigenvalue weighted by Gasteiger charge is 2.24. The molecule has 0 bridgehead atoms. The van der Waals surface area contributed by atoms with Crippen LogP contribution in [-0.2, 0) is 9.59 Å². The Bertz CT molecular complexity index is 502. The van der Waals surface area contributed by atoms with E-state index in [0.717, 1.165) is 18.5 Å². The minimum atomic E-state index is -0.512. The maximum absolute atomic E-state index is 12.0. The normalized spacial score (nSPS) is 16.3. The fourth-order valence-electron chi connectivity index (χ4n) is 2.39. The molecule has 1 atom stereocenters. The van der Waals surface area contributed by atoms with Crippen LogP contribution in [0.1, 0.15) is 32.6 Å². The monoisotopic (exact) mass is 275 g/mol. The average Bonchev–Trinajstić information content (AvgIpc) is 2.86. The first-order valence-electron chi connectivity index (χ1n) is 7.09. The predicted molar refractivity (Wildman–Crippen MR) is 79.5 cm³/mol. The van der Waals surface area contributed by atoms with Gasteiger partial charge in [-0.15, -0.1) is 0 Å². The molecule has 1 heterocycles. The van der Waals surface area contributed by atoms with E-state index in [2.05, 4.69) is 5.32 Å². The van der Waals surface area contributed by atoms with Gasteiger partial charge in [0.2, 0.25) is 11.8 Å². The highest BCUT2D eigenvalue weighted by atomic mass is 16.2. The zero-order valence-electron chi connectivity index (χ0n) is 11.8. The van der Waals surface area contributed by atoms with Crippen molar-refractivity contribution in [1.82, 2.24) is 0 Å². The van der Waals surface area contributed by atoms with E-state index in [1.807, 2.05) is 25.1 Å². The minimum Gasteiger partial charge on any atom is -0.323 e. The number of hydrogen-bond donors (Lipinski definition) is 2. The van der Waals surface area contributed by atoms with Crippen LogP contribution in [0.25, 0.3) is 0 Å². The van der Waals surface area contributed by atoms with Crippen molar-refractivity contribution < 1.29 is 9.59 Å². The van der Waals surface area contributed by atoms with Gasteiger partial charge in [-0.1, -0.05) is 25.5 Å². The van der Waals surface area contributed by atoms with E-state index >= 15 is 0 Å². The zero-order chi connectivity index (χ0) is 14.5. The maximum atomic E-state index is 12.0. The number of carbonyl (C=O) groups is 2. The number of benzene rings is 1. The average molecular weight is 275 g/mol. The number of nitrogens with two attached hydrogens (primary N) is 1. The molecule has 1 aromatic rings. The van der Waals surface area contributed by atoms with Gasteiger partial charge in [-0.2, -0.15) is 0 Å². The number of para-hydroxylation sites is 2. The smallest absolute Gasteiger partial charge is 0.241 e. The first-order valence-corrected chi connectivity index (χ1v) is 7.09. The summed E-state index contributed by atoms with van der Waals surface area (Å²) < 4.78 is 0. The van der Waals surface area contributed by atoms with Crippen molar-refractivity contribution in [1.29, 1.82) is 0 Å². The van der Waals surface area contributed by atoms with Gasteiger partial charge in [-0.25, -0.2) is 0 Å². The van der Waals surface area contributed by atoms with Crippen LogP contribution in [0, 0.1) is 0 Å². The first-order chi connectivity index (χ1) is 9.63. The molecule has 0 radical (unpaired) electrons. The molecule has 5 heteroatoms. The zero-order valence-corrected chi connectivity index (χ0v) is 11.8. The van der Waals surface area contributed by atoms with Crippen molar-refractivity contribution in [2.75, 3.05) is 16.8 Å². The Balaban J connectivity index is 2.16. The third-order valence-electron chi connectivity index (χ3n) is 3.46. The molecule has 0 aliphatic carbocycles. The van der Waals surface area contributed by atoms with E-state index in [-0.39, 0.29) is 11.8 Å². The molecule has 2 amide bonds. The lowest BCUT2D eigenvalue weighted by Crippen LogP contribution is -2.36. The Morgan fingerprint density at radius 1 is 1.45 bits per heavy atom. The summed E-state index contributed by atoms with van der Waals surface area (Å²) in [5, 5.41) is 2.83. The molecule has 108 valence electrons. The predicted octanol–water partition coefficient (Wildman–Crippen LogP) is 1.88. The van der Waals surface area contributed by atoms with Gasteiger partial charge in [0, 0.05) is 13.0 Å². The number of amides is 2. The van der Waals surface area contributed by atoms with Crippen LogP contribution in [0.2, 0.25) is 0 Å². The van der Waals surface area contributed by atoms with Crippen molar-refractivity contribution in [2.45, 2.75) is 38.6 Å². The highest BCUT2D eigenvalue weighted by molar-refractivity contribution is 6.03.